The van der Waals surface area contributed by atoms with Crippen LogP contribution in [0.1, 0.15) is 53.2 Å². The SMILES string of the molecule is CC.CC.CCC(=O)CCc1cccc2nnc(N)n12. The molecule has 20 heavy (non-hydrogen) atoms. The Morgan fingerprint density at radius 2 is 1.85 bits per heavy atom. The fourth-order valence-electron chi connectivity index (χ4n) is 1.67. The molecule has 0 saturated heterocycles. The van der Waals surface area contributed by atoms with Gasteiger partial charge < -0.3 is 5.73 Å². The highest BCUT2D eigenvalue weighted by molar-refractivity contribution is 5.78. The maximum Gasteiger partial charge on any atom is 0.226 e. The predicted molar refractivity (Wildman–Crippen MR) is 83.7 cm³/mol. The van der Waals surface area contributed by atoms with E-state index >= 15 is 0 Å². The second-order valence-electron chi connectivity index (χ2n) is 3.66. The van der Waals surface area contributed by atoms with Gasteiger partial charge in [0.1, 0.15) is 5.78 Å². The molecule has 0 aromatic carbocycles. The Kier molecular flexibility index (Phi) is 9.00. The number of ketones is 1. The second-order valence-corrected chi connectivity index (χ2v) is 3.66. The Morgan fingerprint density at radius 3 is 2.45 bits per heavy atom. The van der Waals surface area contributed by atoms with Gasteiger partial charge in [0, 0.05) is 18.5 Å². The van der Waals surface area contributed by atoms with Crippen LogP contribution in [0.2, 0.25) is 0 Å². The number of aromatic nitrogens is 3. The standard InChI is InChI=1S/C11H14N4O.2C2H6/c1-2-9(16)7-6-8-4-3-5-10-13-14-11(12)15(8)10;2*1-2/h3-5H,2,6-7H2,1H3,(H2,12,14);2*1-2H3. The molecule has 112 valence electrons. The number of nitrogens with two attached hydrogens (primary N) is 1. The third-order valence-electron chi connectivity index (χ3n) is 2.59. The number of hydrogen-bond acceptors (Lipinski definition) is 4. The summed E-state index contributed by atoms with van der Waals surface area (Å²) < 4.78 is 1.78. The summed E-state index contributed by atoms with van der Waals surface area (Å²) in [5, 5.41) is 7.74. The van der Waals surface area contributed by atoms with Crippen molar-refractivity contribution in [3.05, 3.63) is 23.9 Å². The van der Waals surface area contributed by atoms with Gasteiger partial charge in [0.2, 0.25) is 5.95 Å². The topological polar surface area (TPSA) is 73.3 Å². The molecule has 2 rings (SSSR count). The monoisotopic (exact) mass is 278 g/mol. The molecule has 5 heteroatoms. The quantitative estimate of drug-likeness (QED) is 0.931. The number of fused-ring (bicyclic) bond motifs is 1. The minimum Gasteiger partial charge on any atom is -0.368 e. The van der Waals surface area contributed by atoms with E-state index in [1.807, 2.05) is 52.8 Å². The van der Waals surface area contributed by atoms with Crippen molar-refractivity contribution in [2.24, 2.45) is 0 Å². The molecule has 0 unspecified atom stereocenters. The number of anilines is 1. The Balaban J connectivity index is 0.000000829. The van der Waals surface area contributed by atoms with Crippen LogP contribution in [0, 0.1) is 0 Å². The van der Waals surface area contributed by atoms with Crippen molar-refractivity contribution in [1.82, 2.24) is 14.6 Å². The number of Topliss-reactive ketones (excluding diaryl/α,β-unsaturated/α-hetero) is 1. The van der Waals surface area contributed by atoms with Gasteiger partial charge in [-0.3, -0.25) is 9.20 Å². The summed E-state index contributed by atoms with van der Waals surface area (Å²) in [7, 11) is 0. The van der Waals surface area contributed by atoms with Gasteiger partial charge in [0.15, 0.2) is 5.65 Å². The van der Waals surface area contributed by atoms with Crippen LogP contribution in [-0.2, 0) is 11.2 Å². The lowest BCUT2D eigenvalue weighted by Crippen LogP contribution is -2.04. The molecule has 0 aliphatic heterocycles. The number of rotatable bonds is 4. The number of hydrogen-bond donors (Lipinski definition) is 1. The van der Waals surface area contributed by atoms with Gasteiger partial charge in [-0.05, 0) is 18.6 Å². The van der Waals surface area contributed by atoms with Crippen LogP contribution in [0.15, 0.2) is 18.2 Å². The van der Waals surface area contributed by atoms with Gasteiger partial charge in [-0.25, -0.2) is 0 Å². The Hall–Kier alpha value is -1.91. The average Bonchev–Trinajstić information content (AvgIpc) is 2.91. The molecule has 2 heterocycles. The first-order chi connectivity index (χ1) is 9.72. The highest BCUT2D eigenvalue weighted by Gasteiger charge is 2.07. The highest BCUT2D eigenvalue weighted by atomic mass is 16.1. The van der Waals surface area contributed by atoms with Crippen molar-refractivity contribution < 1.29 is 4.79 Å². The Bertz CT molecular complexity index is 520. The molecular weight excluding hydrogens is 252 g/mol. The Labute approximate surface area is 121 Å². The lowest BCUT2D eigenvalue weighted by molar-refractivity contribution is -0.118. The maximum absolute atomic E-state index is 11.3. The third-order valence-corrected chi connectivity index (χ3v) is 2.59. The minimum absolute atomic E-state index is 0.253. The summed E-state index contributed by atoms with van der Waals surface area (Å²) in [4.78, 5) is 11.3. The minimum atomic E-state index is 0.253. The lowest BCUT2D eigenvalue weighted by Gasteiger charge is -2.04. The van der Waals surface area contributed by atoms with E-state index in [0.29, 0.717) is 25.2 Å². The molecule has 0 saturated carbocycles. The normalized spacial score (nSPS) is 9.25. The van der Waals surface area contributed by atoms with Gasteiger partial charge in [-0.1, -0.05) is 40.7 Å². The van der Waals surface area contributed by atoms with E-state index in [1.165, 1.54) is 0 Å². The third kappa shape index (κ3) is 4.64. The van der Waals surface area contributed by atoms with E-state index in [0.717, 1.165) is 11.3 Å². The van der Waals surface area contributed by atoms with Crippen molar-refractivity contribution in [2.75, 3.05) is 5.73 Å². The molecule has 0 amide bonds. The van der Waals surface area contributed by atoms with E-state index in [1.54, 1.807) is 4.40 Å². The van der Waals surface area contributed by atoms with Crippen molar-refractivity contribution in [1.29, 1.82) is 0 Å². The zero-order valence-corrected chi connectivity index (χ0v) is 13.2. The van der Waals surface area contributed by atoms with Crippen molar-refractivity contribution >= 4 is 17.4 Å². The molecule has 0 aliphatic carbocycles. The zero-order chi connectivity index (χ0) is 15.5. The van der Waals surface area contributed by atoms with Crippen LogP contribution in [0.4, 0.5) is 5.95 Å². The van der Waals surface area contributed by atoms with Gasteiger partial charge in [0.25, 0.3) is 0 Å². The fourth-order valence-corrected chi connectivity index (χ4v) is 1.67. The van der Waals surface area contributed by atoms with E-state index < -0.39 is 0 Å². The van der Waals surface area contributed by atoms with Crippen LogP contribution in [0.25, 0.3) is 5.65 Å². The second kappa shape index (κ2) is 9.95. The first kappa shape index (κ1) is 18.1. The summed E-state index contributed by atoms with van der Waals surface area (Å²) >= 11 is 0. The molecule has 0 atom stereocenters. The van der Waals surface area contributed by atoms with Gasteiger partial charge in [-0.15, -0.1) is 10.2 Å². The van der Waals surface area contributed by atoms with E-state index in [9.17, 15) is 4.79 Å². The van der Waals surface area contributed by atoms with Crippen molar-refractivity contribution in [2.45, 2.75) is 53.9 Å². The number of nitrogen functional groups attached to an aromatic ring is 1. The summed E-state index contributed by atoms with van der Waals surface area (Å²) in [5.74, 6) is 0.623. The fraction of sp³-hybridized carbons (Fsp3) is 0.533. The van der Waals surface area contributed by atoms with Crippen molar-refractivity contribution in [3.8, 4) is 0 Å². The number of carbonyl (C=O) groups excluding carboxylic acids is 1. The van der Waals surface area contributed by atoms with Gasteiger partial charge in [-0.2, -0.15) is 0 Å². The number of carbonyl (C=O) groups is 1. The molecule has 0 spiro atoms. The molecular formula is C15H26N4O. The molecule has 2 N–H and O–H groups in total. The van der Waals surface area contributed by atoms with Crippen LogP contribution < -0.4 is 5.73 Å². The molecule has 5 nitrogen and oxygen atoms in total. The van der Waals surface area contributed by atoms with E-state index in [2.05, 4.69) is 10.2 Å². The molecule has 0 bridgehead atoms. The molecule has 0 aliphatic rings. The summed E-state index contributed by atoms with van der Waals surface area (Å²) in [5.41, 5.74) is 7.42. The molecule has 0 radical (unpaired) electrons. The summed E-state index contributed by atoms with van der Waals surface area (Å²) in [6.07, 6.45) is 1.78. The lowest BCUT2D eigenvalue weighted by atomic mass is 10.1. The zero-order valence-electron chi connectivity index (χ0n) is 13.2. The van der Waals surface area contributed by atoms with E-state index in [4.69, 9.17) is 5.73 Å². The van der Waals surface area contributed by atoms with Gasteiger partial charge in [0.05, 0.1) is 0 Å². The smallest absolute Gasteiger partial charge is 0.226 e. The highest BCUT2D eigenvalue weighted by Crippen LogP contribution is 2.11. The average molecular weight is 278 g/mol. The Morgan fingerprint density at radius 1 is 1.20 bits per heavy atom. The summed E-state index contributed by atoms with van der Waals surface area (Å²) in [6.45, 7) is 9.87. The summed E-state index contributed by atoms with van der Waals surface area (Å²) in [6, 6.07) is 5.68. The van der Waals surface area contributed by atoms with Crippen LogP contribution in [-0.4, -0.2) is 20.4 Å². The molecule has 2 aromatic heterocycles. The first-order valence-electron chi connectivity index (χ1n) is 7.32. The van der Waals surface area contributed by atoms with Crippen LogP contribution in [0.5, 0.6) is 0 Å². The number of pyridine rings is 1. The molecule has 0 fully saturated rings. The predicted octanol–water partition coefficient (Wildman–Crippen LogP) is 3.28. The number of nitrogens with zero attached hydrogens (tertiary/aromatic N) is 3. The van der Waals surface area contributed by atoms with Gasteiger partial charge >= 0.3 is 0 Å². The van der Waals surface area contributed by atoms with Crippen LogP contribution in [0.3, 0.4) is 0 Å². The molecule has 2 aromatic rings. The first-order valence-corrected chi connectivity index (χ1v) is 7.32. The number of aryl methyl sites for hydroxylation is 1. The van der Waals surface area contributed by atoms with Crippen LogP contribution >= 0.6 is 0 Å². The largest absolute Gasteiger partial charge is 0.368 e. The van der Waals surface area contributed by atoms with Crippen molar-refractivity contribution in [3.63, 3.8) is 0 Å². The van der Waals surface area contributed by atoms with E-state index in [-0.39, 0.29) is 5.78 Å². The maximum atomic E-state index is 11.3.